The normalized spacial score (nSPS) is 12.8. The maximum Gasteiger partial charge on any atom is 0.309 e. The minimum atomic E-state index is -1.92. The maximum absolute atomic E-state index is 13.7. The van der Waals surface area contributed by atoms with Crippen LogP contribution in [0.2, 0.25) is 0 Å². The molecule has 0 fully saturated rings. The summed E-state index contributed by atoms with van der Waals surface area (Å²) in [5, 5.41) is 15.3. The van der Waals surface area contributed by atoms with E-state index in [0.717, 1.165) is 0 Å². The van der Waals surface area contributed by atoms with E-state index in [9.17, 15) is 41.5 Å². The van der Waals surface area contributed by atoms with E-state index in [0.29, 0.717) is 0 Å². The number of ether oxygens (including phenoxy) is 1. The molecular weight excluding hydrogens is 470 g/mol. The molecule has 0 bridgehead atoms. The maximum atomic E-state index is 13.7. The van der Waals surface area contributed by atoms with Crippen LogP contribution in [-0.2, 0) is 24.0 Å². The van der Waals surface area contributed by atoms with Crippen molar-refractivity contribution in [2.75, 3.05) is 13.7 Å². The molecule has 0 aliphatic carbocycles. The second-order valence-electron chi connectivity index (χ2n) is 8.06. The molecular formula is C20H23F4N3O7. The molecule has 1 rings (SSSR count). The molecule has 0 aromatic heterocycles. The minimum Gasteiger partial charge on any atom is -0.481 e. The van der Waals surface area contributed by atoms with Crippen molar-refractivity contribution in [3.8, 4) is 5.75 Å². The zero-order valence-electron chi connectivity index (χ0n) is 18.6. The Bertz CT molecular complexity index is 969. The summed E-state index contributed by atoms with van der Waals surface area (Å²) in [6.45, 7) is 3.24. The van der Waals surface area contributed by atoms with Crippen molar-refractivity contribution in [1.82, 2.24) is 16.0 Å². The van der Waals surface area contributed by atoms with Gasteiger partial charge in [0.25, 0.3) is 0 Å². The smallest absolute Gasteiger partial charge is 0.309 e. The second-order valence-corrected chi connectivity index (χ2v) is 8.06. The van der Waals surface area contributed by atoms with Crippen molar-refractivity contribution in [3.05, 3.63) is 29.3 Å². The van der Waals surface area contributed by atoms with Crippen molar-refractivity contribution in [3.63, 3.8) is 0 Å². The Hall–Kier alpha value is -3.71. The first kappa shape index (κ1) is 28.3. The molecule has 34 heavy (non-hydrogen) atoms. The van der Waals surface area contributed by atoms with E-state index in [1.807, 2.05) is 5.32 Å². The Kier molecular flexibility index (Phi) is 9.52. The molecule has 3 amide bonds. The van der Waals surface area contributed by atoms with Gasteiger partial charge in [-0.15, -0.1) is 0 Å². The topological polar surface area (TPSA) is 151 Å². The molecule has 0 spiro atoms. The predicted octanol–water partition coefficient (Wildman–Crippen LogP) is 0.427. The van der Waals surface area contributed by atoms with Gasteiger partial charge in [0.1, 0.15) is 18.7 Å². The van der Waals surface area contributed by atoms with Crippen molar-refractivity contribution < 1.29 is 51.4 Å². The summed E-state index contributed by atoms with van der Waals surface area (Å²) in [7, 11) is 1.17. The molecule has 4 N–H and O–H groups in total. The van der Waals surface area contributed by atoms with Crippen LogP contribution < -0.4 is 20.7 Å². The lowest BCUT2D eigenvalue weighted by Gasteiger charge is -2.31. The molecule has 1 aromatic rings. The predicted molar refractivity (Wildman–Crippen MR) is 106 cm³/mol. The number of hydrogen-bond acceptors (Lipinski definition) is 6. The Balaban J connectivity index is 3.09. The van der Waals surface area contributed by atoms with Gasteiger partial charge in [0.05, 0.1) is 6.42 Å². The number of likely N-dealkylation sites (N-methyl/N-ethyl adjacent to an activating group) is 1. The number of halogens is 4. The monoisotopic (exact) mass is 493 g/mol. The number of aliphatic carboxylic acids is 1. The zero-order valence-corrected chi connectivity index (χ0v) is 18.6. The highest BCUT2D eigenvalue weighted by Gasteiger charge is 2.36. The van der Waals surface area contributed by atoms with Crippen LogP contribution >= 0.6 is 0 Å². The molecule has 0 heterocycles. The van der Waals surface area contributed by atoms with Gasteiger partial charge in [-0.05, 0) is 5.41 Å². The summed E-state index contributed by atoms with van der Waals surface area (Å²) in [6.07, 6.45) is -1.00. The number of rotatable bonds is 9. The molecule has 1 aromatic carbocycles. The third kappa shape index (κ3) is 7.42. The Morgan fingerprint density at radius 1 is 0.971 bits per heavy atom. The molecule has 0 aliphatic heterocycles. The average Bonchev–Trinajstić information content (AvgIpc) is 2.73. The Morgan fingerprint density at radius 3 is 1.94 bits per heavy atom. The highest BCUT2D eigenvalue weighted by atomic mass is 19.2. The number of ketones is 1. The molecule has 2 atom stereocenters. The van der Waals surface area contributed by atoms with Gasteiger partial charge in [-0.3, -0.25) is 24.0 Å². The van der Waals surface area contributed by atoms with Crippen molar-refractivity contribution in [2.24, 2.45) is 5.41 Å². The fourth-order valence-electron chi connectivity index (χ4n) is 2.58. The number of carboxylic acid groups (broad SMARTS) is 1. The van der Waals surface area contributed by atoms with Crippen LogP contribution in [-0.4, -0.2) is 60.3 Å². The first-order valence-corrected chi connectivity index (χ1v) is 9.63. The highest BCUT2D eigenvalue weighted by Crippen LogP contribution is 2.26. The Morgan fingerprint density at radius 2 is 1.50 bits per heavy atom. The van der Waals surface area contributed by atoms with Crippen LogP contribution in [0.25, 0.3) is 0 Å². The standard InChI is InChI=1S/C20H23F4N3O7/c1-20(2,3)16(27-19(33)18(32)25-4)17(31)26-10(6-12(29)30)11(28)7-34-15-13(23)8(21)5-9(22)14(15)24/h5,10,16H,6-7H2,1-4H3,(H,25,32)(H,26,31)(H,27,33)(H,29,30)/t10-,16+/m0/s1. The Labute approximate surface area is 191 Å². The molecule has 0 radical (unpaired) electrons. The number of nitrogens with one attached hydrogen (secondary N) is 3. The van der Waals surface area contributed by atoms with Gasteiger partial charge in [-0.1, -0.05) is 20.8 Å². The zero-order chi connectivity index (χ0) is 26.4. The number of carbonyl (C=O) groups excluding carboxylic acids is 4. The summed E-state index contributed by atoms with van der Waals surface area (Å²) in [5.74, 6) is -15.1. The lowest BCUT2D eigenvalue weighted by Crippen LogP contribution is -2.58. The van der Waals surface area contributed by atoms with Gasteiger partial charge >= 0.3 is 17.8 Å². The van der Waals surface area contributed by atoms with E-state index >= 15 is 0 Å². The van der Waals surface area contributed by atoms with E-state index < -0.39 is 89.0 Å². The summed E-state index contributed by atoms with van der Waals surface area (Å²) in [6, 6.07) is -3.32. The van der Waals surface area contributed by atoms with Crippen molar-refractivity contribution in [2.45, 2.75) is 39.3 Å². The van der Waals surface area contributed by atoms with Gasteiger partial charge in [-0.25, -0.2) is 8.78 Å². The number of amides is 3. The summed E-state index contributed by atoms with van der Waals surface area (Å²) in [4.78, 5) is 59.7. The van der Waals surface area contributed by atoms with E-state index in [4.69, 9.17) is 5.11 Å². The van der Waals surface area contributed by atoms with Gasteiger partial charge in [0.15, 0.2) is 23.2 Å². The SMILES string of the molecule is CNC(=O)C(=O)N[C@H](C(=O)N[C@@H](CC(=O)O)C(=O)COc1c(F)c(F)cc(F)c1F)C(C)(C)C. The molecule has 188 valence electrons. The van der Waals surface area contributed by atoms with Crippen LogP contribution in [0.15, 0.2) is 6.07 Å². The lowest BCUT2D eigenvalue weighted by molar-refractivity contribution is -0.142. The number of benzene rings is 1. The first-order chi connectivity index (χ1) is 15.6. The van der Waals surface area contributed by atoms with Crippen LogP contribution in [0.5, 0.6) is 5.75 Å². The molecule has 14 heteroatoms. The van der Waals surface area contributed by atoms with Crippen LogP contribution in [0, 0.1) is 28.7 Å². The first-order valence-electron chi connectivity index (χ1n) is 9.63. The summed E-state index contributed by atoms with van der Waals surface area (Å²) in [5.41, 5.74) is -1.02. The van der Waals surface area contributed by atoms with Gasteiger partial charge < -0.3 is 25.8 Å². The fourth-order valence-corrected chi connectivity index (χ4v) is 2.58. The van der Waals surface area contributed by atoms with E-state index in [1.165, 1.54) is 27.8 Å². The molecule has 0 saturated heterocycles. The number of hydrogen-bond donors (Lipinski definition) is 4. The number of carboxylic acids is 1. The number of Topliss-reactive ketones (excluding diaryl/α,β-unsaturated/α-hetero) is 1. The summed E-state index contributed by atoms with van der Waals surface area (Å²) < 4.78 is 58.5. The molecule has 0 aliphatic rings. The second kappa shape index (κ2) is 11.4. The minimum absolute atomic E-state index is 0.0768. The lowest BCUT2D eigenvalue weighted by atomic mass is 9.85. The number of carbonyl (C=O) groups is 5. The summed E-state index contributed by atoms with van der Waals surface area (Å²) >= 11 is 0. The third-order valence-electron chi connectivity index (χ3n) is 4.35. The third-order valence-corrected chi connectivity index (χ3v) is 4.35. The van der Waals surface area contributed by atoms with Gasteiger partial charge in [-0.2, -0.15) is 8.78 Å². The van der Waals surface area contributed by atoms with Crippen molar-refractivity contribution >= 4 is 29.5 Å². The van der Waals surface area contributed by atoms with Crippen molar-refractivity contribution in [1.29, 1.82) is 0 Å². The highest BCUT2D eigenvalue weighted by molar-refractivity contribution is 6.35. The average molecular weight is 493 g/mol. The van der Waals surface area contributed by atoms with Crippen LogP contribution in [0.1, 0.15) is 27.2 Å². The molecule has 0 unspecified atom stereocenters. The fraction of sp³-hybridized carbons (Fsp3) is 0.450. The van der Waals surface area contributed by atoms with Gasteiger partial charge in [0, 0.05) is 13.1 Å². The van der Waals surface area contributed by atoms with Crippen LogP contribution in [0.4, 0.5) is 17.6 Å². The van der Waals surface area contributed by atoms with E-state index in [-0.39, 0.29) is 6.07 Å². The van der Waals surface area contributed by atoms with Crippen LogP contribution in [0.3, 0.4) is 0 Å². The largest absolute Gasteiger partial charge is 0.481 e. The quantitative estimate of drug-likeness (QED) is 0.221. The molecule has 0 saturated carbocycles. The van der Waals surface area contributed by atoms with E-state index in [1.54, 1.807) is 0 Å². The molecule has 10 nitrogen and oxygen atoms in total. The van der Waals surface area contributed by atoms with E-state index in [2.05, 4.69) is 15.4 Å². The van der Waals surface area contributed by atoms with Gasteiger partial charge in [0.2, 0.25) is 17.5 Å².